The minimum atomic E-state index is -0.879. The molecule has 218 valence electrons. The second-order valence-electron chi connectivity index (χ2n) is 11.7. The molecule has 1 atom stereocenters. The van der Waals surface area contributed by atoms with E-state index in [0.717, 1.165) is 25.9 Å². The Morgan fingerprint density at radius 3 is 2.28 bits per heavy atom. The number of ether oxygens (including phenoxy) is 2. The zero-order valence-electron chi connectivity index (χ0n) is 23.8. The highest BCUT2D eigenvalue weighted by Gasteiger charge is 2.40. The Labute approximate surface area is 233 Å². The minimum absolute atomic E-state index is 0.218. The number of piperidine rings is 1. The van der Waals surface area contributed by atoms with E-state index in [-0.39, 0.29) is 12.5 Å². The molecule has 4 aliphatic rings. The minimum Gasteiger partial charge on any atom is -0.450 e. The molecule has 0 aromatic heterocycles. The summed E-state index contributed by atoms with van der Waals surface area (Å²) in [4.78, 5) is 35.6. The molecule has 2 amide bonds. The number of hydrogen-bond acceptors (Lipinski definition) is 7. The lowest BCUT2D eigenvalue weighted by Gasteiger charge is -2.42. The Balaban J connectivity index is 1.50. The van der Waals surface area contributed by atoms with E-state index in [1.54, 1.807) is 6.92 Å². The first kappa shape index (κ1) is 29.6. The van der Waals surface area contributed by atoms with Gasteiger partial charge in [-0.2, -0.15) is 5.26 Å². The van der Waals surface area contributed by atoms with Gasteiger partial charge >= 0.3 is 6.09 Å². The third-order valence-electron chi connectivity index (χ3n) is 8.98. The van der Waals surface area contributed by atoms with Gasteiger partial charge in [0, 0.05) is 32.2 Å². The van der Waals surface area contributed by atoms with Crippen LogP contribution in [0.25, 0.3) is 0 Å². The van der Waals surface area contributed by atoms with Gasteiger partial charge < -0.3 is 24.6 Å². The largest absolute Gasteiger partial charge is 0.450 e. The number of likely N-dealkylation sites (tertiary alicyclic amines) is 1. The van der Waals surface area contributed by atoms with Crippen molar-refractivity contribution in [1.29, 1.82) is 5.26 Å². The van der Waals surface area contributed by atoms with Crippen molar-refractivity contribution in [3.63, 3.8) is 0 Å². The fourth-order valence-electron chi connectivity index (χ4n) is 6.63. The second-order valence-corrected chi connectivity index (χ2v) is 11.7. The Morgan fingerprint density at radius 2 is 1.67 bits per heavy atom. The van der Waals surface area contributed by atoms with E-state index in [9.17, 15) is 14.9 Å². The smallest absolute Gasteiger partial charge is 0.413 e. The van der Waals surface area contributed by atoms with E-state index >= 15 is 0 Å². The third kappa shape index (κ3) is 8.55. The standard InChI is InChI=1S/C29H48N6O4/c1-2-39-28(37)32-27(35-17-19-38-20-18-35)31-25(21-23-9-5-3-6-10-23)26(36)33-29(22-30)13-15-34(16-14-29)24-11-7-4-8-12-24/h23-25H,2-21H2,1H3,(H,33,36)(H,31,32,37)/t25-/m0/s1. The number of carbonyl (C=O) groups is 2. The van der Waals surface area contributed by atoms with Crippen LogP contribution in [-0.2, 0) is 14.3 Å². The summed E-state index contributed by atoms with van der Waals surface area (Å²) in [5.74, 6) is 0.536. The molecule has 0 bridgehead atoms. The quantitative estimate of drug-likeness (QED) is 0.371. The number of alkyl carbamates (subject to hydrolysis) is 1. The monoisotopic (exact) mass is 544 g/mol. The number of aliphatic imine (C=N–C) groups is 1. The van der Waals surface area contributed by atoms with Gasteiger partial charge in [-0.05, 0) is 44.9 Å². The highest BCUT2D eigenvalue weighted by molar-refractivity contribution is 5.96. The fourth-order valence-corrected chi connectivity index (χ4v) is 6.63. The predicted octanol–water partition coefficient (Wildman–Crippen LogP) is 3.57. The molecule has 2 saturated heterocycles. The molecule has 0 spiro atoms. The lowest BCUT2D eigenvalue weighted by atomic mass is 9.83. The maximum absolute atomic E-state index is 13.9. The van der Waals surface area contributed by atoms with Gasteiger partial charge in [0.15, 0.2) is 0 Å². The Morgan fingerprint density at radius 1 is 1.03 bits per heavy atom. The SMILES string of the molecule is CCOC(=O)NC(=N[C@@H](CC1CCCCC1)C(=O)NC1(C#N)CCN(C2CCCCC2)CC1)N1CCOCC1. The van der Waals surface area contributed by atoms with Crippen molar-refractivity contribution in [3.8, 4) is 6.07 Å². The second kappa shape index (κ2) is 14.8. The van der Waals surface area contributed by atoms with Crippen LogP contribution in [0.2, 0.25) is 0 Å². The molecule has 0 aromatic carbocycles. The highest BCUT2D eigenvalue weighted by Crippen LogP contribution is 2.31. The van der Waals surface area contributed by atoms with Crippen LogP contribution in [0.15, 0.2) is 4.99 Å². The number of nitriles is 1. The Bertz CT molecular complexity index is 863. The molecular weight excluding hydrogens is 496 g/mol. The number of morpholine rings is 1. The summed E-state index contributed by atoms with van der Waals surface area (Å²) in [6, 6.07) is 2.40. The van der Waals surface area contributed by atoms with E-state index in [4.69, 9.17) is 14.5 Å². The van der Waals surface area contributed by atoms with Crippen LogP contribution in [0, 0.1) is 17.2 Å². The van der Waals surface area contributed by atoms with E-state index in [1.165, 1.54) is 51.4 Å². The summed E-state index contributed by atoms with van der Waals surface area (Å²) in [5.41, 5.74) is -0.879. The van der Waals surface area contributed by atoms with Crippen LogP contribution in [0.5, 0.6) is 0 Å². The molecule has 4 rings (SSSR count). The lowest BCUT2D eigenvalue weighted by molar-refractivity contribution is -0.124. The van der Waals surface area contributed by atoms with Gasteiger partial charge in [-0.15, -0.1) is 0 Å². The number of nitrogens with zero attached hydrogens (tertiary/aromatic N) is 4. The van der Waals surface area contributed by atoms with Gasteiger partial charge in [0.1, 0.15) is 11.6 Å². The summed E-state index contributed by atoms with van der Waals surface area (Å²) in [6.07, 6.45) is 13.4. The Hall–Kier alpha value is -2.38. The zero-order chi connectivity index (χ0) is 27.5. The first-order chi connectivity index (χ1) is 19.0. The predicted molar refractivity (Wildman–Crippen MR) is 149 cm³/mol. The molecule has 0 radical (unpaired) electrons. The van der Waals surface area contributed by atoms with Crippen molar-refractivity contribution in [2.45, 2.75) is 108 Å². The van der Waals surface area contributed by atoms with Crippen LogP contribution in [0.1, 0.15) is 90.4 Å². The molecular formula is C29H48N6O4. The van der Waals surface area contributed by atoms with Crippen molar-refractivity contribution in [2.75, 3.05) is 46.0 Å². The molecule has 2 heterocycles. The molecule has 0 aromatic rings. The highest BCUT2D eigenvalue weighted by atomic mass is 16.5. The molecule has 39 heavy (non-hydrogen) atoms. The van der Waals surface area contributed by atoms with E-state index in [1.807, 2.05) is 4.90 Å². The van der Waals surface area contributed by atoms with Gasteiger partial charge in [0.2, 0.25) is 11.9 Å². The number of hydrogen-bond donors (Lipinski definition) is 2. The molecule has 10 heteroatoms. The van der Waals surface area contributed by atoms with Crippen molar-refractivity contribution in [2.24, 2.45) is 10.9 Å². The number of nitrogens with one attached hydrogen (secondary N) is 2. The third-order valence-corrected chi connectivity index (χ3v) is 8.98. The summed E-state index contributed by atoms with van der Waals surface area (Å²) in [5, 5.41) is 16.2. The molecule has 4 fully saturated rings. The maximum atomic E-state index is 13.9. The van der Waals surface area contributed by atoms with Crippen LogP contribution in [-0.4, -0.2) is 91.4 Å². The normalized spacial score (nSPS) is 24.4. The van der Waals surface area contributed by atoms with E-state index in [0.29, 0.717) is 63.5 Å². The Kier molecular flexibility index (Phi) is 11.3. The van der Waals surface area contributed by atoms with Crippen molar-refractivity contribution < 1.29 is 19.1 Å². The number of guanidine groups is 1. The summed E-state index contributed by atoms with van der Waals surface area (Å²) in [6.45, 7) is 5.86. The van der Waals surface area contributed by atoms with Crippen LogP contribution in [0.3, 0.4) is 0 Å². The van der Waals surface area contributed by atoms with Gasteiger partial charge in [0.25, 0.3) is 0 Å². The fraction of sp³-hybridized carbons (Fsp3) is 0.862. The zero-order valence-corrected chi connectivity index (χ0v) is 23.8. The van der Waals surface area contributed by atoms with E-state index < -0.39 is 17.7 Å². The molecule has 0 unspecified atom stereocenters. The van der Waals surface area contributed by atoms with Gasteiger partial charge in [-0.3, -0.25) is 10.1 Å². The number of amides is 2. The molecule has 10 nitrogen and oxygen atoms in total. The van der Waals surface area contributed by atoms with Crippen molar-refractivity contribution in [1.82, 2.24) is 20.4 Å². The first-order valence-corrected chi connectivity index (χ1v) is 15.3. The maximum Gasteiger partial charge on any atom is 0.413 e. The van der Waals surface area contributed by atoms with Gasteiger partial charge in [0.05, 0.1) is 25.9 Å². The number of rotatable bonds is 7. The lowest BCUT2D eigenvalue weighted by Crippen LogP contribution is -2.58. The van der Waals surface area contributed by atoms with E-state index in [2.05, 4.69) is 21.6 Å². The van der Waals surface area contributed by atoms with Crippen molar-refractivity contribution >= 4 is 18.0 Å². The average Bonchev–Trinajstić information content (AvgIpc) is 2.98. The molecule has 2 aliphatic carbocycles. The summed E-state index contributed by atoms with van der Waals surface area (Å²) < 4.78 is 10.6. The van der Waals surface area contributed by atoms with Crippen LogP contribution in [0.4, 0.5) is 4.79 Å². The molecule has 2 saturated carbocycles. The first-order valence-electron chi connectivity index (χ1n) is 15.3. The van der Waals surface area contributed by atoms with Crippen LogP contribution < -0.4 is 10.6 Å². The van der Waals surface area contributed by atoms with Crippen LogP contribution >= 0.6 is 0 Å². The van der Waals surface area contributed by atoms with Gasteiger partial charge in [-0.1, -0.05) is 51.4 Å². The summed E-state index contributed by atoms with van der Waals surface area (Å²) in [7, 11) is 0. The molecule has 2 aliphatic heterocycles. The topological polar surface area (TPSA) is 119 Å². The molecule has 2 N–H and O–H groups in total. The van der Waals surface area contributed by atoms with Gasteiger partial charge in [-0.25, -0.2) is 9.79 Å². The van der Waals surface area contributed by atoms with Crippen molar-refractivity contribution in [3.05, 3.63) is 0 Å². The average molecular weight is 545 g/mol. The summed E-state index contributed by atoms with van der Waals surface area (Å²) >= 11 is 0. The number of carbonyl (C=O) groups excluding carboxylic acids is 2.